The summed E-state index contributed by atoms with van der Waals surface area (Å²) in [6.07, 6.45) is 5.86. The minimum absolute atomic E-state index is 0.143. The molecule has 2 aromatic carbocycles. The number of carbonyl (C=O) groups is 1. The van der Waals surface area contributed by atoms with Crippen molar-refractivity contribution in [1.29, 1.82) is 0 Å². The molecular weight excluding hydrogens is 468 g/mol. The van der Waals surface area contributed by atoms with Gasteiger partial charge in [-0.15, -0.1) is 0 Å². The van der Waals surface area contributed by atoms with Crippen molar-refractivity contribution in [1.82, 2.24) is 24.2 Å². The molecular formula is C28H30N6O3. The number of hydrogen-bond acceptors (Lipinski definition) is 6. The van der Waals surface area contributed by atoms with Gasteiger partial charge >= 0.3 is 0 Å². The highest BCUT2D eigenvalue weighted by molar-refractivity contribution is 5.81. The number of piperidine rings is 1. The number of carbonyl (C=O) groups excluding carboxylic acids is 1. The van der Waals surface area contributed by atoms with Crippen LogP contribution in [0.4, 0.5) is 5.69 Å². The lowest BCUT2D eigenvalue weighted by Gasteiger charge is -2.38. The van der Waals surface area contributed by atoms with Crippen molar-refractivity contribution in [3.05, 3.63) is 83.0 Å². The Balaban J connectivity index is 1.18. The maximum absolute atomic E-state index is 13.3. The number of aliphatic hydroxyl groups is 1. The average Bonchev–Trinajstić information content (AvgIpc) is 3.68. The molecule has 1 saturated carbocycles. The lowest BCUT2D eigenvalue weighted by atomic mass is 9.91. The van der Waals surface area contributed by atoms with Gasteiger partial charge in [0.05, 0.1) is 24.0 Å². The highest BCUT2D eigenvalue weighted by Gasteiger charge is 2.39. The van der Waals surface area contributed by atoms with E-state index in [2.05, 4.69) is 27.5 Å². The summed E-state index contributed by atoms with van der Waals surface area (Å²) in [5.41, 5.74) is 2.10. The molecule has 6 rings (SSSR count). The van der Waals surface area contributed by atoms with Gasteiger partial charge in [0.2, 0.25) is 5.91 Å². The van der Waals surface area contributed by atoms with Crippen LogP contribution in [0.5, 0.6) is 0 Å². The first kappa shape index (κ1) is 23.4. The third-order valence-corrected chi connectivity index (χ3v) is 7.38. The normalized spacial score (nSPS) is 17.2. The minimum Gasteiger partial charge on any atom is -0.388 e. The summed E-state index contributed by atoms with van der Waals surface area (Å²) in [5, 5.41) is 19.4. The summed E-state index contributed by atoms with van der Waals surface area (Å²) in [4.78, 5) is 32.0. The van der Waals surface area contributed by atoms with E-state index < -0.39 is 5.60 Å². The molecule has 37 heavy (non-hydrogen) atoms. The quantitative estimate of drug-likeness (QED) is 0.406. The third-order valence-electron chi connectivity index (χ3n) is 7.38. The molecule has 1 aliphatic heterocycles. The Labute approximate surface area is 214 Å². The molecule has 1 aliphatic carbocycles. The van der Waals surface area contributed by atoms with E-state index in [1.165, 1.54) is 22.7 Å². The van der Waals surface area contributed by atoms with Gasteiger partial charge in [0.25, 0.3) is 5.56 Å². The van der Waals surface area contributed by atoms with Crippen molar-refractivity contribution in [3.63, 3.8) is 0 Å². The van der Waals surface area contributed by atoms with Gasteiger partial charge in [0.15, 0.2) is 5.65 Å². The Kier molecular flexibility index (Phi) is 6.00. The van der Waals surface area contributed by atoms with Crippen LogP contribution in [-0.4, -0.2) is 53.9 Å². The second kappa shape index (κ2) is 9.48. The lowest BCUT2D eigenvalue weighted by Crippen LogP contribution is -2.50. The van der Waals surface area contributed by atoms with Crippen LogP contribution in [0.2, 0.25) is 0 Å². The number of hydrogen-bond donors (Lipinski definition) is 2. The van der Waals surface area contributed by atoms with Crippen molar-refractivity contribution in [3.8, 4) is 5.69 Å². The van der Waals surface area contributed by atoms with E-state index in [1.807, 2.05) is 47.4 Å². The summed E-state index contributed by atoms with van der Waals surface area (Å²) in [6, 6.07) is 18.0. The minimum atomic E-state index is -1.05. The molecule has 0 bridgehead atoms. The fourth-order valence-corrected chi connectivity index (χ4v) is 5.00. The first-order chi connectivity index (χ1) is 18.0. The Hall–Kier alpha value is -3.98. The predicted molar refractivity (Wildman–Crippen MR) is 140 cm³/mol. The number of amides is 1. The van der Waals surface area contributed by atoms with Crippen LogP contribution in [0.15, 0.2) is 71.9 Å². The van der Waals surface area contributed by atoms with Gasteiger partial charge < -0.3 is 15.3 Å². The maximum atomic E-state index is 13.3. The predicted octanol–water partition coefficient (Wildman–Crippen LogP) is 2.96. The van der Waals surface area contributed by atoms with E-state index in [-0.39, 0.29) is 23.9 Å². The summed E-state index contributed by atoms with van der Waals surface area (Å²) >= 11 is 0. The summed E-state index contributed by atoms with van der Waals surface area (Å²) in [6.45, 7) is 1.87. The van der Waals surface area contributed by atoms with Gasteiger partial charge in [-0.3, -0.25) is 14.2 Å². The molecule has 190 valence electrons. The molecule has 2 aliphatic rings. The first-order valence-corrected chi connectivity index (χ1v) is 12.8. The van der Waals surface area contributed by atoms with Crippen molar-refractivity contribution in [2.75, 3.05) is 18.4 Å². The highest BCUT2D eigenvalue weighted by Crippen LogP contribution is 2.33. The SMILES string of the molecule is O=C(C1CC1)N1CCC(O)(Cn2cnc3c(cnn3-c3cccc(NCc4ccccc4)c3)c2=O)CC1. The Bertz CT molecular complexity index is 1480. The number of aromatic nitrogens is 4. The molecule has 1 saturated heterocycles. The Morgan fingerprint density at radius 1 is 1.08 bits per heavy atom. The average molecular weight is 499 g/mol. The van der Waals surface area contributed by atoms with Crippen LogP contribution >= 0.6 is 0 Å². The van der Waals surface area contributed by atoms with Crippen LogP contribution in [-0.2, 0) is 17.9 Å². The molecule has 0 spiro atoms. The van der Waals surface area contributed by atoms with Crippen LogP contribution < -0.4 is 10.9 Å². The number of nitrogens with zero attached hydrogens (tertiary/aromatic N) is 5. The number of rotatable bonds is 7. The van der Waals surface area contributed by atoms with E-state index in [9.17, 15) is 14.7 Å². The fourth-order valence-electron chi connectivity index (χ4n) is 5.00. The monoisotopic (exact) mass is 498 g/mol. The number of anilines is 1. The molecule has 0 atom stereocenters. The van der Waals surface area contributed by atoms with E-state index in [0.717, 1.165) is 24.2 Å². The smallest absolute Gasteiger partial charge is 0.264 e. The number of nitrogens with one attached hydrogen (secondary N) is 1. The molecule has 2 N–H and O–H groups in total. The molecule has 2 fully saturated rings. The number of fused-ring (bicyclic) bond motifs is 1. The van der Waals surface area contributed by atoms with Gasteiger partial charge in [0.1, 0.15) is 11.7 Å². The molecule has 2 aromatic heterocycles. The van der Waals surface area contributed by atoms with E-state index in [0.29, 0.717) is 43.5 Å². The molecule has 0 radical (unpaired) electrons. The Morgan fingerprint density at radius 2 is 1.86 bits per heavy atom. The maximum Gasteiger partial charge on any atom is 0.264 e. The molecule has 9 heteroatoms. The Morgan fingerprint density at radius 3 is 2.62 bits per heavy atom. The van der Waals surface area contributed by atoms with Crippen molar-refractivity contribution in [2.24, 2.45) is 5.92 Å². The molecule has 9 nitrogen and oxygen atoms in total. The second-order valence-electron chi connectivity index (χ2n) is 10.2. The molecule has 3 heterocycles. The first-order valence-electron chi connectivity index (χ1n) is 12.8. The van der Waals surface area contributed by atoms with Gasteiger partial charge in [-0.1, -0.05) is 36.4 Å². The third kappa shape index (κ3) is 4.86. The van der Waals surface area contributed by atoms with Crippen LogP contribution in [0.3, 0.4) is 0 Å². The zero-order chi connectivity index (χ0) is 25.4. The fraction of sp³-hybridized carbons (Fsp3) is 0.357. The van der Waals surface area contributed by atoms with Gasteiger partial charge in [-0.25, -0.2) is 9.67 Å². The van der Waals surface area contributed by atoms with Gasteiger partial charge in [-0.2, -0.15) is 5.10 Å². The largest absolute Gasteiger partial charge is 0.388 e. The molecule has 4 aromatic rings. The van der Waals surface area contributed by atoms with Crippen molar-refractivity contribution in [2.45, 2.75) is 44.4 Å². The standard InChI is InChI=1S/C28H30N6O3/c35-26(21-9-10-21)32-13-11-28(37,12-14-32)18-33-19-30-25-24(27(33)36)17-31-34(25)23-8-4-7-22(15-23)29-16-20-5-2-1-3-6-20/h1-8,15,17,19,21,29,37H,9-14,16,18H2. The summed E-state index contributed by atoms with van der Waals surface area (Å²) < 4.78 is 3.12. The van der Waals surface area contributed by atoms with E-state index in [4.69, 9.17) is 0 Å². The van der Waals surface area contributed by atoms with Crippen molar-refractivity contribution < 1.29 is 9.90 Å². The van der Waals surface area contributed by atoms with Gasteiger partial charge in [0, 0.05) is 31.2 Å². The van der Waals surface area contributed by atoms with Crippen LogP contribution in [0.1, 0.15) is 31.2 Å². The van der Waals surface area contributed by atoms with Gasteiger partial charge in [-0.05, 0) is 49.4 Å². The summed E-state index contributed by atoms with van der Waals surface area (Å²) in [5.74, 6) is 0.381. The summed E-state index contributed by atoms with van der Waals surface area (Å²) in [7, 11) is 0. The topological polar surface area (TPSA) is 105 Å². The van der Waals surface area contributed by atoms with E-state index in [1.54, 1.807) is 4.68 Å². The highest BCUT2D eigenvalue weighted by atomic mass is 16.3. The molecule has 0 unspecified atom stereocenters. The van der Waals surface area contributed by atoms with Crippen LogP contribution in [0, 0.1) is 5.92 Å². The zero-order valence-electron chi connectivity index (χ0n) is 20.6. The number of likely N-dealkylation sites (tertiary alicyclic amines) is 1. The lowest BCUT2D eigenvalue weighted by molar-refractivity contribution is -0.137. The zero-order valence-corrected chi connectivity index (χ0v) is 20.6. The van der Waals surface area contributed by atoms with Crippen LogP contribution in [0.25, 0.3) is 16.7 Å². The number of benzene rings is 2. The van der Waals surface area contributed by atoms with Crippen molar-refractivity contribution >= 4 is 22.6 Å². The molecule has 1 amide bonds. The second-order valence-corrected chi connectivity index (χ2v) is 10.2. The van der Waals surface area contributed by atoms with E-state index >= 15 is 0 Å².